The zero-order valence-corrected chi connectivity index (χ0v) is 7.73. The zero-order chi connectivity index (χ0) is 9.56. The molecule has 0 N–H and O–H groups in total. The second kappa shape index (κ2) is 5.61. The van der Waals surface area contributed by atoms with Gasteiger partial charge in [0.1, 0.15) is 6.61 Å². The van der Waals surface area contributed by atoms with Crippen molar-refractivity contribution in [2.75, 3.05) is 6.61 Å². The van der Waals surface area contributed by atoms with E-state index < -0.39 is 0 Å². The molecule has 0 saturated carbocycles. The maximum absolute atomic E-state index is 9.79. The molecular formula is C9H11ClO2. The van der Waals surface area contributed by atoms with Crippen LogP contribution in [0.5, 0.6) is 0 Å². The van der Waals surface area contributed by atoms with Crippen molar-refractivity contribution in [3.05, 3.63) is 35.4 Å². The minimum Gasteiger partial charge on any atom is -0.463 e. The topological polar surface area (TPSA) is 26.3 Å². The van der Waals surface area contributed by atoms with Gasteiger partial charge in [-0.2, -0.15) is 0 Å². The van der Waals surface area contributed by atoms with Crippen molar-refractivity contribution >= 4 is 18.1 Å². The summed E-state index contributed by atoms with van der Waals surface area (Å²) in [5, 5.41) is 0.523. The SMILES string of the molecule is C=C(/C=C(/Cl)C(=C)C)COC=O. The predicted molar refractivity (Wildman–Crippen MR) is 49.9 cm³/mol. The van der Waals surface area contributed by atoms with Crippen LogP contribution >= 0.6 is 11.6 Å². The van der Waals surface area contributed by atoms with Crippen molar-refractivity contribution < 1.29 is 9.53 Å². The predicted octanol–water partition coefficient (Wildman–Crippen LogP) is 2.41. The van der Waals surface area contributed by atoms with Gasteiger partial charge in [0.2, 0.25) is 0 Å². The van der Waals surface area contributed by atoms with Crippen LogP contribution in [0.1, 0.15) is 6.92 Å². The Balaban J connectivity index is 4.05. The second-order valence-electron chi connectivity index (χ2n) is 2.34. The van der Waals surface area contributed by atoms with Gasteiger partial charge in [-0.05, 0) is 24.1 Å². The van der Waals surface area contributed by atoms with E-state index >= 15 is 0 Å². The van der Waals surface area contributed by atoms with Gasteiger partial charge in [-0.15, -0.1) is 0 Å². The molecule has 0 rings (SSSR count). The number of hydrogen-bond donors (Lipinski definition) is 0. The molecule has 0 fully saturated rings. The number of carbonyl (C=O) groups excluding carboxylic acids is 1. The summed E-state index contributed by atoms with van der Waals surface area (Å²) >= 11 is 5.75. The highest BCUT2D eigenvalue weighted by atomic mass is 35.5. The molecule has 0 atom stereocenters. The summed E-state index contributed by atoms with van der Waals surface area (Å²) < 4.78 is 4.46. The molecule has 0 aliphatic carbocycles. The fourth-order valence-electron chi connectivity index (χ4n) is 0.485. The Morgan fingerprint density at radius 3 is 2.58 bits per heavy atom. The summed E-state index contributed by atoms with van der Waals surface area (Å²) in [6, 6.07) is 0. The Kier molecular flexibility index (Phi) is 5.13. The molecule has 0 aromatic carbocycles. The molecule has 0 bridgehead atoms. The van der Waals surface area contributed by atoms with Gasteiger partial charge in [0.15, 0.2) is 0 Å². The summed E-state index contributed by atoms with van der Waals surface area (Å²) in [5.74, 6) is 0. The molecule has 2 nitrogen and oxygen atoms in total. The first-order valence-electron chi connectivity index (χ1n) is 3.34. The van der Waals surface area contributed by atoms with Crippen LogP contribution in [0.3, 0.4) is 0 Å². The molecule has 0 radical (unpaired) electrons. The van der Waals surface area contributed by atoms with E-state index in [9.17, 15) is 4.79 Å². The van der Waals surface area contributed by atoms with Gasteiger partial charge < -0.3 is 4.74 Å². The van der Waals surface area contributed by atoms with Crippen LogP contribution < -0.4 is 0 Å². The van der Waals surface area contributed by atoms with Gasteiger partial charge in [0, 0.05) is 5.03 Å². The van der Waals surface area contributed by atoms with Crippen molar-refractivity contribution in [3.8, 4) is 0 Å². The lowest BCUT2D eigenvalue weighted by molar-refractivity contribution is -0.127. The molecule has 0 spiro atoms. The van der Waals surface area contributed by atoms with Gasteiger partial charge in [0.25, 0.3) is 6.47 Å². The highest BCUT2D eigenvalue weighted by molar-refractivity contribution is 6.32. The third-order valence-electron chi connectivity index (χ3n) is 1.08. The van der Waals surface area contributed by atoms with E-state index in [1.165, 1.54) is 0 Å². The summed E-state index contributed by atoms with van der Waals surface area (Å²) in [7, 11) is 0. The number of allylic oxidation sites excluding steroid dienone is 2. The van der Waals surface area contributed by atoms with E-state index in [0.717, 1.165) is 5.57 Å². The first kappa shape index (κ1) is 11.0. The number of hydrogen-bond acceptors (Lipinski definition) is 2. The van der Waals surface area contributed by atoms with E-state index in [1.807, 2.05) is 0 Å². The minimum absolute atomic E-state index is 0.160. The third kappa shape index (κ3) is 4.74. The average molecular weight is 187 g/mol. The normalized spacial score (nSPS) is 10.7. The molecule has 0 aliphatic rings. The van der Waals surface area contributed by atoms with Gasteiger partial charge in [-0.3, -0.25) is 4.79 Å². The van der Waals surface area contributed by atoms with E-state index in [0.29, 0.717) is 17.1 Å². The summed E-state index contributed by atoms with van der Waals surface area (Å²) in [6.07, 6.45) is 1.62. The van der Waals surface area contributed by atoms with Gasteiger partial charge >= 0.3 is 0 Å². The first-order valence-corrected chi connectivity index (χ1v) is 3.72. The fourth-order valence-corrected chi connectivity index (χ4v) is 0.639. The Bertz CT molecular complexity index is 229. The molecule has 3 heteroatoms. The summed E-state index contributed by atoms with van der Waals surface area (Å²) in [5.41, 5.74) is 1.39. The highest BCUT2D eigenvalue weighted by Crippen LogP contribution is 2.13. The molecule has 12 heavy (non-hydrogen) atoms. The summed E-state index contributed by atoms with van der Waals surface area (Å²) in [6.45, 7) is 9.58. The van der Waals surface area contributed by atoms with Crippen LogP contribution in [0, 0.1) is 0 Å². The second-order valence-corrected chi connectivity index (χ2v) is 2.75. The molecular weight excluding hydrogens is 176 g/mol. The molecule has 0 aromatic rings. The van der Waals surface area contributed by atoms with Gasteiger partial charge in [-0.25, -0.2) is 0 Å². The number of carbonyl (C=O) groups is 1. The maximum atomic E-state index is 9.79. The molecule has 0 aromatic heterocycles. The van der Waals surface area contributed by atoms with Gasteiger partial charge in [-0.1, -0.05) is 24.8 Å². The van der Waals surface area contributed by atoms with Crippen molar-refractivity contribution in [2.24, 2.45) is 0 Å². The molecule has 0 amide bonds. The lowest BCUT2D eigenvalue weighted by Crippen LogP contribution is -1.92. The molecule has 66 valence electrons. The van der Waals surface area contributed by atoms with Crippen molar-refractivity contribution in [1.82, 2.24) is 0 Å². The Morgan fingerprint density at radius 1 is 1.58 bits per heavy atom. The number of rotatable bonds is 5. The van der Waals surface area contributed by atoms with E-state index in [2.05, 4.69) is 17.9 Å². The van der Waals surface area contributed by atoms with Gasteiger partial charge in [0.05, 0.1) is 0 Å². The lowest BCUT2D eigenvalue weighted by Gasteiger charge is -1.99. The fraction of sp³-hybridized carbons (Fsp3) is 0.222. The largest absolute Gasteiger partial charge is 0.463 e. The first-order chi connectivity index (χ1) is 5.57. The smallest absolute Gasteiger partial charge is 0.293 e. The molecule has 0 unspecified atom stereocenters. The number of halogens is 1. The van der Waals surface area contributed by atoms with Crippen molar-refractivity contribution in [3.63, 3.8) is 0 Å². The monoisotopic (exact) mass is 186 g/mol. The van der Waals surface area contributed by atoms with Crippen LogP contribution in [0.2, 0.25) is 0 Å². The third-order valence-corrected chi connectivity index (χ3v) is 1.51. The quantitative estimate of drug-likeness (QED) is 0.487. The molecule has 0 aliphatic heterocycles. The molecule has 0 saturated heterocycles. The van der Waals surface area contributed by atoms with Crippen LogP contribution in [0.15, 0.2) is 35.4 Å². The number of ether oxygens (including phenoxy) is 1. The van der Waals surface area contributed by atoms with E-state index in [-0.39, 0.29) is 6.61 Å². The molecule has 0 heterocycles. The Morgan fingerprint density at radius 2 is 2.17 bits per heavy atom. The highest BCUT2D eigenvalue weighted by Gasteiger charge is 1.94. The van der Waals surface area contributed by atoms with Crippen molar-refractivity contribution in [1.29, 1.82) is 0 Å². The lowest BCUT2D eigenvalue weighted by atomic mass is 10.2. The van der Waals surface area contributed by atoms with E-state index in [4.69, 9.17) is 11.6 Å². The Labute approximate surface area is 77.2 Å². The summed E-state index contributed by atoms with van der Waals surface area (Å²) in [4.78, 5) is 9.79. The zero-order valence-electron chi connectivity index (χ0n) is 6.97. The van der Waals surface area contributed by atoms with Crippen LogP contribution in [-0.2, 0) is 9.53 Å². The average Bonchev–Trinajstić information content (AvgIpc) is 2.00. The van der Waals surface area contributed by atoms with E-state index in [1.54, 1.807) is 13.0 Å². The van der Waals surface area contributed by atoms with Crippen LogP contribution in [0.4, 0.5) is 0 Å². The van der Waals surface area contributed by atoms with Crippen LogP contribution in [-0.4, -0.2) is 13.1 Å². The standard InChI is InChI=1S/C9H11ClO2/c1-7(2)9(10)4-8(3)5-12-6-11/h4,6H,1,3,5H2,2H3/b9-4+. The minimum atomic E-state index is 0.160. The van der Waals surface area contributed by atoms with Crippen LogP contribution in [0.25, 0.3) is 0 Å². The Hall–Kier alpha value is -1.02. The van der Waals surface area contributed by atoms with Crippen molar-refractivity contribution in [2.45, 2.75) is 6.92 Å². The maximum Gasteiger partial charge on any atom is 0.293 e.